The molecule has 0 saturated heterocycles. The largest absolute Gasteiger partial charge is 0.380 e. The number of amides is 2. The molecule has 5 heteroatoms. The molecular formula is C16H36N2O3. The minimum absolute atomic E-state index is 0.00463. The number of carbonyl (C=O) groups is 2. The van der Waals surface area contributed by atoms with Crippen LogP contribution in [0.1, 0.15) is 60.8 Å². The van der Waals surface area contributed by atoms with Crippen LogP contribution in [-0.4, -0.2) is 38.6 Å². The van der Waals surface area contributed by atoms with Crippen molar-refractivity contribution in [3.05, 3.63) is 0 Å². The molecule has 0 heterocycles. The van der Waals surface area contributed by atoms with Crippen LogP contribution in [-0.2, 0) is 14.3 Å². The highest BCUT2D eigenvalue weighted by Gasteiger charge is 2.05. The molecule has 0 spiro atoms. The Morgan fingerprint density at radius 3 is 2.05 bits per heavy atom. The van der Waals surface area contributed by atoms with Gasteiger partial charge in [0.05, 0.1) is 6.61 Å². The molecule has 1 atom stereocenters. The average molecular weight is 304 g/mol. The lowest BCUT2D eigenvalue weighted by atomic mass is 10.1. The highest BCUT2D eigenvalue weighted by Crippen LogP contribution is 2.04. The Labute approximate surface area is 131 Å². The highest BCUT2D eigenvalue weighted by atomic mass is 16.5. The Morgan fingerprint density at radius 1 is 1.14 bits per heavy atom. The third-order valence-corrected chi connectivity index (χ3v) is 2.50. The topological polar surface area (TPSA) is 67.4 Å². The molecule has 0 radical (unpaired) electrons. The van der Waals surface area contributed by atoms with E-state index in [0.717, 1.165) is 19.4 Å². The Hall–Kier alpha value is -1.10. The van der Waals surface area contributed by atoms with Crippen molar-refractivity contribution in [3.8, 4) is 0 Å². The van der Waals surface area contributed by atoms with Gasteiger partial charge in [0.1, 0.15) is 0 Å². The molecule has 0 saturated carbocycles. The van der Waals surface area contributed by atoms with E-state index in [1.165, 1.54) is 6.92 Å². The van der Waals surface area contributed by atoms with Crippen molar-refractivity contribution in [1.82, 2.24) is 10.6 Å². The Balaban J connectivity index is -0.000000389. The predicted octanol–water partition coefficient (Wildman–Crippen LogP) is 2.74. The molecule has 1 unspecified atom stereocenters. The Kier molecular flexibility index (Phi) is 25.1. The van der Waals surface area contributed by atoms with Gasteiger partial charge in [-0.1, -0.05) is 41.0 Å². The van der Waals surface area contributed by atoms with Crippen LogP contribution in [0, 0.1) is 5.92 Å². The van der Waals surface area contributed by atoms with E-state index in [1.807, 2.05) is 13.8 Å². The number of nitrogens with one attached hydrogen (secondary N) is 2. The zero-order valence-electron chi connectivity index (χ0n) is 15.0. The second kappa shape index (κ2) is 21.2. The number of carbonyl (C=O) groups excluding carboxylic acids is 2. The van der Waals surface area contributed by atoms with Crippen LogP contribution in [0.2, 0.25) is 0 Å². The molecule has 0 aromatic rings. The van der Waals surface area contributed by atoms with Gasteiger partial charge < -0.3 is 15.4 Å². The van der Waals surface area contributed by atoms with Crippen LogP contribution in [0.4, 0.5) is 0 Å². The van der Waals surface area contributed by atoms with E-state index >= 15 is 0 Å². The summed E-state index contributed by atoms with van der Waals surface area (Å²) in [5, 5.41) is 5.23. The fraction of sp³-hybridized carbons (Fsp3) is 0.875. The summed E-state index contributed by atoms with van der Waals surface area (Å²) in [6.45, 7) is 13.8. The van der Waals surface area contributed by atoms with Crippen LogP contribution in [0.25, 0.3) is 0 Å². The van der Waals surface area contributed by atoms with Gasteiger partial charge in [-0.3, -0.25) is 9.59 Å². The number of hydrogen-bond acceptors (Lipinski definition) is 3. The monoisotopic (exact) mass is 304 g/mol. The van der Waals surface area contributed by atoms with Crippen LogP contribution < -0.4 is 10.6 Å². The van der Waals surface area contributed by atoms with Crippen molar-refractivity contribution < 1.29 is 14.3 Å². The van der Waals surface area contributed by atoms with Gasteiger partial charge in [-0.15, -0.1) is 0 Å². The summed E-state index contributed by atoms with van der Waals surface area (Å²) in [5.41, 5.74) is 0. The van der Waals surface area contributed by atoms with Crippen molar-refractivity contribution in [2.45, 2.75) is 60.8 Å². The fourth-order valence-electron chi connectivity index (χ4n) is 1.04. The summed E-state index contributed by atoms with van der Waals surface area (Å²) >= 11 is 0. The normalized spacial score (nSPS) is 10.2. The molecule has 0 aromatic carbocycles. The van der Waals surface area contributed by atoms with Crippen LogP contribution >= 0.6 is 0 Å². The zero-order chi connectivity index (χ0) is 17.1. The molecule has 0 aliphatic heterocycles. The molecule has 0 aromatic heterocycles. The summed E-state index contributed by atoms with van der Waals surface area (Å²) in [6, 6.07) is 0. The smallest absolute Gasteiger partial charge is 0.220 e. The summed E-state index contributed by atoms with van der Waals surface area (Å²) < 4.78 is 5.25. The lowest BCUT2D eigenvalue weighted by molar-refractivity contribution is -0.122. The first-order chi connectivity index (χ1) is 9.97. The molecule has 5 nitrogen and oxygen atoms in total. The van der Waals surface area contributed by atoms with E-state index in [9.17, 15) is 9.59 Å². The van der Waals surface area contributed by atoms with Crippen molar-refractivity contribution in [2.75, 3.05) is 26.8 Å². The van der Waals surface area contributed by atoms with Crippen LogP contribution in [0.5, 0.6) is 0 Å². The molecule has 2 N–H and O–H groups in total. The van der Waals surface area contributed by atoms with Gasteiger partial charge in [0, 0.05) is 33.5 Å². The summed E-state index contributed by atoms with van der Waals surface area (Å²) in [6.07, 6.45) is 2.71. The van der Waals surface area contributed by atoms with Crippen LogP contribution in [0.3, 0.4) is 0 Å². The van der Waals surface area contributed by atoms with Gasteiger partial charge in [0.15, 0.2) is 0 Å². The van der Waals surface area contributed by atoms with Gasteiger partial charge in [-0.2, -0.15) is 0 Å². The van der Waals surface area contributed by atoms with E-state index in [0.29, 0.717) is 25.5 Å². The van der Waals surface area contributed by atoms with E-state index in [2.05, 4.69) is 31.4 Å². The molecule has 128 valence electrons. The van der Waals surface area contributed by atoms with E-state index in [4.69, 9.17) is 4.74 Å². The van der Waals surface area contributed by atoms with Gasteiger partial charge in [0.25, 0.3) is 0 Å². The molecule has 2 amide bonds. The maximum atomic E-state index is 11.3. The van der Waals surface area contributed by atoms with Crippen molar-refractivity contribution in [2.24, 2.45) is 5.92 Å². The zero-order valence-corrected chi connectivity index (χ0v) is 15.0. The van der Waals surface area contributed by atoms with Crippen molar-refractivity contribution in [3.63, 3.8) is 0 Å². The number of rotatable bonds is 8. The van der Waals surface area contributed by atoms with E-state index < -0.39 is 0 Å². The molecule has 0 aliphatic carbocycles. The minimum Gasteiger partial charge on any atom is -0.380 e. The second-order valence-corrected chi connectivity index (χ2v) is 4.49. The molecular weight excluding hydrogens is 268 g/mol. The summed E-state index contributed by atoms with van der Waals surface area (Å²) in [4.78, 5) is 21.0. The van der Waals surface area contributed by atoms with Crippen molar-refractivity contribution in [1.29, 1.82) is 0 Å². The predicted molar refractivity (Wildman–Crippen MR) is 89.3 cm³/mol. The third kappa shape index (κ3) is 27.9. The van der Waals surface area contributed by atoms with Gasteiger partial charge >= 0.3 is 0 Å². The average Bonchev–Trinajstić information content (AvgIpc) is 2.49. The van der Waals surface area contributed by atoms with E-state index in [-0.39, 0.29) is 11.8 Å². The summed E-state index contributed by atoms with van der Waals surface area (Å²) in [5.74, 6) is 0.621. The molecule has 21 heavy (non-hydrogen) atoms. The number of ether oxygens (including phenoxy) is 1. The third-order valence-electron chi connectivity index (χ3n) is 2.50. The van der Waals surface area contributed by atoms with Gasteiger partial charge in [0.2, 0.25) is 11.8 Å². The standard InChI is InChI=1S/C11H23NO2.C3H7NO.C2H6/c1-4-7-14-8-6-12-11(13)9-10(3)5-2;1-3(5)4-2;1-2/h10H,4-9H2,1-3H3,(H,12,13);1-2H3,(H,4,5);1-2H3. The lowest BCUT2D eigenvalue weighted by Crippen LogP contribution is -2.28. The quantitative estimate of drug-likeness (QED) is 0.678. The Morgan fingerprint density at radius 2 is 1.67 bits per heavy atom. The maximum Gasteiger partial charge on any atom is 0.220 e. The number of hydrogen-bond donors (Lipinski definition) is 2. The first-order valence-corrected chi connectivity index (χ1v) is 8.00. The molecule has 0 bridgehead atoms. The fourth-order valence-corrected chi connectivity index (χ4v) is 1.04. The van der Waals surface area contributed by atoms with Gasteiger partial charge in [-0.25, -0.2) is 0 Å². The molecule has 0 rings (SSSR count). The lowest BCUT2D eigenvalue weighted by Gasteiger charge is -2.09. The van der Waals surface area contributed by atoms with Crippen LogP contribution in [0.15, 0.2) is 0 Å². The highest BCUT2D eigenvalue weighted by molar-refractivity contribution is 5.76. The minimum atomic E-state index is 0.00463. The first kappa shape index (κ1) is 24.9. The van der Waals surface area contributed by atoms with Gasteiger partial charge in [-0.05, 0) is 12.3 Å². The SMILES string of the molecule is CC.CCCOCCNC(=O)CC(C)CC.CNC(C)=O. The Bertz CT molecular complexity index is 234. The molecule has 0 aliphatic rings. The molecule has 0 fully saturated rings. The maximum absolute atomic E-state index is 11.3. The first-order valence-electron chi connectivity index (χ1n) is 8.00. The van der Waals surface area contributed by atoms with E-state index in [1.54, 1.807) is 7.05 Å². The van der Waals surface area contributed by atoms with Crippen molar-refractivity contribution >= 4 is 11.8 Å². The second-order valence-electron chi connectivity index (χ2n) is 4.49. The summed E-state index contributed by atoms with van der Waals surface area (Å²) in [7, 11) is 1.60.